The van der Waals surface area contributed by atoms with Crippen molar-refractivity contribution in [2.75, 3.05) is 20.2 Å². The van der Waals surface area contributed by atoms with Gasteiger partial charge in [0, 0.05) is 42.4 Å². The molecule has 0 saturated carbocycles. The molecular formula is C15H26IN3OS. The van der Waals surface area contributed by atoms with Crippen molar-refractivity contribution >= 4 is 41.3 Å². The zero-order valence-corrected chi connectivity index (χ0v) is 16.2. The van der Waals surface area contributed by atoms with Gasteiger partial charge in [-0.05, 0) is 38.8 Å². The number of hydrogen-bond acceptors (Lipinski definition) is 3. The van der Waals surface area contributed by atoms with Crippen LogP contribution in [0.3, 0.4) is 0 Å². The smallest absolute Gasteiger partial charge is 0.191 e. The van der Waals surface area contributed by atoms with Gasteiger partial charge in [-0.1, -0.05) is 0 Å². The number of thiophene rings is 1. The minimum absolute atomic E-state index is 0. The highest BCUT2D eigenvalue weighted by Crippen LogP contribution is 2.16. The van der Waals surface area contributed by atoms with Crippen LogP contribution in [0.1, 0.15) is 29.5 Å². The summed E-state index contributed by atoms with van der Waals surface area (Å²) in [5.41, 5.74) is 0. The Hall–Kier alpha value is -0.340. The van der Waals surface area contributed by atoms with E-state index in [9.17, 15) is 0 Å². The molecule has 1 aromatic rings. The Kier molecular flexibility index (Phi) is 8.58. The maximum Gasteiger partial charge on any atom is 0.191 e. The third kappa shape index (κ3) is 6.52. The molecular weight excluding hydrogens is 397 g/mol. The molecule has 1 aliphatic heterocycles. The van der Waals surface area contributed by atoms with E-state index in [4.69, 9.17) is 4.74 Å². The van der Waals surface area contributed by atoms with Crippen LogP contribution in [0.2, 0.25) is 0 Å². The number of guanidine groups is 1. The molecule has 0 spiro atoms. The number of aliphatic imine (C=N–C) groups is 1. The van der Waals surface area contributed by atoms with Gasteiger partial charge in [0.2, 0.25) is 0 Å². The fraction of sp³-hybridized carbons (Fsp3) is 0.667. The first-order valence-corrected chi connectivity index (χ1v) is 8.13. The lowest BCUT2D eigenvalue weighted by Crippen LogP contribution is -2.45. The van der Waals surface area contributed by atoms with Crippen molar-refractivity contribution in [3.8, 4) is 0 Å². The van der Waals surface area contributed by atoms with Gasteiger partial charge < -0.3 is 15.4 Å². The minimum Gasteiger partial charge on any atom is -0.376 e. The largest absolute Gasteiger partial charge is 0.376 e. The van der Waals surface area contributed by atoms with Crippen LogP contribution in [0.15, 0.2) is 17.1 Å². The molecule has 0 aromatic carbocycles. The second-order valence-electron chi connectivity index (χ2n) is 5.35. The second kappa shape index (κ2) is 9.63. The van der Waals surface area contributed by atoms with Crippen molar-refractivity contribution in [1.82, 2.24) is 10.6 Å². The minimum atomic E-state index is 0. The van der Waals surface area contributed by atoms with Crippen molar-refractivity contribution in [2.24, 2.45) is 4.99 Å². The van der Waals surface area contributed by atoms with E-state index in [0.717, 1.165) is 32.0 Å². The molecule has 0 radical (unpaired) electrons. The van der Waals surface area contributed by atoms with E-state index in [-0.39, 0.29) is 24.0 Å². The quantitative estimate of drug-likeness (QED) is 0.435. The van der Waals surface area contributed by atoms with Crippen LogP contribution in [-0.4, -0.2) is 38.3 Å². The first kappa shape index (κ1) is 18.7. The first-order valence-electron chi connectivity index (χ1n) is 7.31. The Labute approximate surface area is 148 Å². The van der Waals surface area contributed by atoms with Crippen molar-refractivity contribution in [1.29, 1.82) is 0 Å². The molecule has 1 aliphatic rings. The van der Waals surface area contributed by atoms with Crippen LogP contribution < -0.4 is 10.6 Å². The number of nitrogens with one attached hydrogen (secondary N) is 2. The Balaban J connectivity index is 0.00000220. The van der Waals surface area contributed by atoms with Gasteiger partial charge in [0.05, 0.1) is 6.10 Å². The van der Waals surface area contributed by atoms with E-state index < -0.39 is 0 Å². The highest BCUT2D eigenvalue weighted by atomic mass is 127. The van der Waals surface area contributed by atoms with Crippen LogP contribution in [-0.2, 0) is 11.2 Å². The molecule has 2 atom stereocenters. The molecule has 1 fully saturated rings. The highest BCUT2D eigenvalue weighted by molar-refractivity contribution is 14.0. The summed E-state index contributed by atoms with van der Waals surface area (Å²) in [4.78, 5) is 7.06. The van der Waals surface area contributed by atoms with Gasteiger partial charge in [-0.25, -0.2) is 0 Å². The van der Waals surface area contributed by atoms with Gasteiger partial charge in [0.25, 0.3) is 0 Å². The Bertz CT molecular complexity index is 444. The summed E-state index contributed by atoms with van der Waals surface area (Å²) in [6, 6.07) is 4.75. The number of halogens is 1. The summed E-state index contributed by atoms with van der Waals surface area (Å²) in [6.45, 7) is 6.07. The van der Waals surface area contributed by atoms with Crippen LogP contribution in [0.25, 0.3) is 0 Å². The predicted octanol–water partition coefficient (Wildman–Crippen LogP) is 2.95. The maximum atomic E-state index is 5.61. The fourth-order valence-electron chi connectivity index (χ4n) is 2.39. The monoisotopic (exact) mass is 423 g/mol. The number of rotatable bonds is 5. The number of aryl methyl sites for hydroxylation is 1. The molecule has 120 valence electrons. The van der Waals surface area contributed by atoms with Crippen LogP contribution in [0.5, 0.6) is 0 Å². The SMILES string of the molecule is CN=C(NCC1CCCO1)NC(C)Cc1ccc(C)s1.I. The summed E-state index contributed by atoms with van der Waals surface area (Å²) in [7, 11) is 1.81. The molecule has 1 saturated heterocycles. The molecule has 6 heteroatoms. The average Bonchev–Trinajstić information content (AvgIpc) is 3.06. The Morgan fingerprint density at radius 2 is 2.33 bits per heavy atom. The first-order chi connectivity index (χ1) is 9.67. The summed E-state index contributed by atoms with van der Waals surface area (Å²) in [6.07, 6.45) is 3.68. The van der Waals surface area contributed by atoms with Crippen LogP contribution in [0.4, 0.5) is 0 Å². The van der Waals surface area contributed by atoms with Crippen LogP contribution in [0, 0.1) is 6.92 Å². The summed E-state index contributed by atoms with van der Waals surface area (Å²) in [5.74, 6) is 0.862. The fourth-order valence-corrected chi connectivity index (χ4v) is 3.41. The normalized spacial score (nSPS) is 20.0. The lowest BCUT2D eigenvalue weighted by Gasteiger charge is -2.19. The summed E-state index contributed by atoms with van der Waals surface area (Å²) >= 11 is 1.86. The van der Waals surface area contributed by atoms with Gasteiger partial charge in [-0.15, -0.1) is 35.3 Å². The zero-order valence-electron chi connectivity index (χ0n) is 13.0. The van der Waals surface area contributed by atoms with Gasteiger partial charge >= 0.3 is 0 Å². The van der Waals surface area contributed by atoms with Gasteiger partial charge in [-0.2, -0.15) is 0 Å². The van der Waals surface area contributed by atoms with Crippen molar-refractivity contribution < 1.29 is 4.74 Å². The molecule has 1 aromatic heterocycles. The zero-order chi connectivity index (χ0) is 14.4. The molecule has 0 bridgehead atoms. The van der Waals surface area contributed by atoms with E-state index in [0.29, 0.717) is 12.1 Å². The maximum absolute atomic E-state index is 5.61. The molecule has 2 heterocycles. The van der Waals surface area contributed by atoms with E-state index in [2.05, 4.69) is 41.6 Å². The molecule has 4 nitrogen and oxygen atoms in total. The number of ether oxygens (including phenoxy) is 1. The Morgan fingerprint density at radius 3 is 2.90 bits per heavy atom. The van der Waals surface area contributed by atoms with Crippen LogP contribution >= 0.6 is 35.3 Å². The molecule has 2 unspecified atom stereocenters. The second-order valence-corrected chi connectivity index (χ2v) is 6.72. The van der Waals surface area contributed by atoms with Gasteiger partial charge in [-0.3, -0.25) is 4.99 Å². The third-order valence-electron chi connectivity index (χ3n) is 3.43. The molecule has 21 heavy (non-hydrogen) atoms. The molecule has 2 N–H and O–H groups in total. The average molecular weight is 423 g/mol. The van der Waals surface area contributed by atoms with Crippen molar-refractivity contribution in [2.45, 2.75) is 45.3 Å². The molecule has 0 amide bonds. The van der Waals surface area contributed by atoms with E-state index in [1.165, 1.54) is 16.2 Å². The van der Waals surface area contributed by atoms with Crippen molar-refractivity contribution in [3.63, 3.8) is 0 Å². The van der Waals surface area contributed by atoms with Crippen molar-refractivity contribution in [3.05, 3.63) is 21.9 Å². The standard InChI is InChI=1S/C15H25N3OS.HI/c1-11(9-14-7-6-12(2)20-14)18-15(16-3)17-10-13-5-4-8-19-13;/h6-7,11,13H,4-5,8-10H2,1-3H3,(H2,16,17,18);1H. The van der Waals surface area contributed by atoms with E-state index in [1.807, 2.05) is 18.4 Å². The molecule has 0 aliphatic carbocycles. The number of hydrogen-bond donors (Lipinski definition) is 2. The molecule has 2 rings (SSSR count). The topological polar surface area (TPSA) is 45.7 Å². The van der Waals surface area contributed by atoms with E-state index in [1.54, 1.807) is 0 Å². The third-order valence-corrected chi connectivity index (χ3v) is 4.45. The summed E-state index contributed by atoms with van der Waals surface area (Å²) < 4.78 is 5.61. The Morgan fingerprint density at radius 1 is 1.52 bits per heavy atom. The number of nitrogens with zero attached hydrogens (tertiary/aromatic N) is 1. The van der Waals surface area contributed by atoms with Gasteiger partial charge in [0.15, 0.2) is 5.96 Å². The lowest BCUT2D eigenvalue weighted by molar-refractivity contribution is 0.113. The predicted molar refractivity (Wildman–Crippen MR) is 101 cm³/mol. The van der Waals surface area contributed by atoms with Gasteiger partial charge in [0.1, 0.15) is 0 Å². The highest BCUT2D eigenvalue weighted by Gasteiger charge is 2.16. The van der Waals surface area contributed by atoms with E-state index >= 15 is 0 Å². The summed E-state index contributed by atoms with van der Waals surface area (Å²) in [5, 5.41) is 6.79. The lowest BCUT2D eigenvalue weighted by atomic mass is 10.2.